The molecule has 15 heteroatoms. The highest BCUT2D eigenvalue weighted by Gasteiger charge is 2.23. The number of aromatic nitrogens is 3. The first kappa shape index (κ1) is 27.7. The fourth-order valence-corrected chi connectivity index (χ4v) is 4.23. The van der Waals surface area contributed by atoms with Crippen molar-refractivity contribution in [2.24, 2.45) is 0 Å². The Morgan fingerprint density at radius 1 is 1.22 bits per heavy atom. The van der Waals surface area contributed by atoms with Crippen LogP contribution in [0.25, 0.3) is 5.52 Å². The minimum Gasteiger partial charge on any atom is -0.449 e. The van der Waals surface area contributed by atoms with Crippen molar-refractivity contribution >= 4 is 44.5 Å². The average Bonchev–Trinajstić information content (AvgIpc) is 3.16. The number of amides is 2. The van der Waals surface area contributed by atoms with Gasteiger partial charge in [0, 0.05) is 17.9 Å². The number of hydrogen-bond acceptors (Lipinski definition) is 9. The first-order chi connectivity index (χ1) is 17.4. The zero-order chi connectivity index (χ0) is 27.3. The van der Waals surface area contributed by atoms with E-state index < -0.39 is 33.5 Å². The molecule has 200 valence electrons. The molecule has 12 nitrogen and oxygen atoms in total. The van der Waals surface area contributed by atoms with E-state index in [0.717, 1.165) is 12.3 Å². The molecule has 0 atom stereocenters. The van der Waals surface area contributed by atoms with E-state index in [4.69, 9.17) is 4.74 Å². The van der Waals surface area contributed by atoms with Crippen LogP contribution in [0.3, 0.4) is 0 Å². The molecule has 0 aliphatic rings. The summed E-state index contributed by atoms with van der Waals surface area (Å²) in [4.78, 5) is 33.4. The quantitative estimate of drug-likeness (QED) is 0.260. The molecular weight excluding hydrogens is 514 g/mol. The first-order valence-electron chi connectivity index (χ1n) is 11.0. The highest BCUT2D eigenvalue weighted by Crippen LogP contribution is 2.35. The number of carbonyl (C=O) groups excluding carboxylic acids is 2. The first-order valence-corrected chi connectivity index (χ1v) is 13.0. The number of fused-ring (bicyclic) bond motifs is 1. The second-order valence-electron chi connectivity index (χ2n) is 8.33. The molecule has 0 saturated carbocycles. The minimum atomic E-state index is -3.18. The third-order valence-corrected chi connectivity index (χ3v) is 6.09. The van der Waals surface area contributed by atoms with Gasteiger partial charge in [-0.1, -0.05) is 13.8 Å². The summed E-state index contributed by atoms with van der Waals surface area (Å²) in [6.07, 6.45) is 3.09. The molecule has 2 amide bonds. The Hall–Kier alpha value is -3.85. The largest absolute Gasteiger partial charge is 0.449 e. The van der Waals surface area contributed by atoms with Gasteiger partial charge in [-0.05, 0) is 18.4 Å². The van der Waals surface area contributed by atoms with Crippen LogP contribution in [0.5, 0.6) is 0 Å². The Morgan fingerprint density at radius 2 is 1.95 bits per heavy atom. The van der Waals surface area contributed by atoms with Crippen molar-refractivity contribution in [3.8, 4) is 0 Å². The maximum Gasteiger partial charge on any atom is 0.411 e. The fraction of sp³-hybridized carbons (Fsp3) is 0.364. The van der Waals surface area contributed by atoms with Crippen LogP contribution in [0, 0.1) is 11.6 Å². The normalized spacial score (nSPS) is 11.5. The van der Waals surface area contributed by atoms with Crippen molar-refractivity contribution in [1.29, 1.82) is 0 Å². The highest BCUT2D eigenvalue weighted by atomic mass is 32.2. The van der Waals surface area contributed by atoms with Crippen LogP contribution in [-0.2, 0) is 19.4 Å². The predicted molar refractivity (Wildman–Crippen MR) is 130 cm³/mol. The fourth-order valence-electron chi connectivity index (χ4n) is 3.59. The van der Waals surface area contributed by atoms with Gasteiger partial charge in [-0.2, -0.15) is 5.10 Å². The van der Waals surface area contributed by atoms with Gasteiger partial charge in [-0.25, -0.2) is 37.0 Å². The van der Waals surface area contributed by atoms with Gasteiger partial charge in [0.15, 0.2) is 5.82 Å². The molecule has 0 radical (unpaired) electrons. The molecule has 0 unspecified atom stereocenters. The van der Waals surface area contributed by atoms with Crippen LogP contribution >= 0.6 is 0 Å². The summed E-state index contributed by atoms with van der Waals surface area (Å²) < 4.78 is 57.6. The number of carbonyl (C=O) groups is 2. The number of hydrogen-bond donors (Lipinski definition) is 3. The van der Waals surface area contributed by atoms with Crippen LogP contribution < -0.4 is 16.1 Å². The van der Waals surface area contributed by atoms with Gasteiger partial charge >= 0.3 is 6.09 Å². The lowest BCUT2D eigenvalue weighted by molar-refractivity contribution is 0.0537. The molecule has 1 aromatic carbocycles. The van der Waals surface area contributed by atoms with Gasteiger partial charge in [0.1, 0.15) is 33.3 Å². The Labute approximate surface area is 211 Å². The molecule has 0 spiro atoms. The molecule has 0 bridgehead atoms. The molecule has 2 heterocycles. The van der Waals surface area contributed by atoms with Crippen molar-refractivity contribution in [3.63, 3.8) is 0 Å². The predicted octanol–water partition coefficient (Wildman–Crippen LogP) is 3.15. The smallest absolute Gasteiger partial charge is 0.411 e. The summed E-state index contributed by atoms with van der Waals surface area (Å²) in [5.41, 5.74) is 2.53. The van der Waals surface area contributed by atoms with E-state index in [1.807, 2.05) is 19.3 Å². The molecule has 0 fully saturated rings. The SMILES string of the molecule is CONC(=O)c1cc(F)cc(F)c1Nc1ncnn2cc(NC(=O)OCCCS(C)(=O)=O)c(C(C)C)c12. The molecule has 0 aliphatic heterocycles. The number of benzene rings is 1. The number of rotatable bonds is 10. The zero-order valence-corrected chi connectivity index (χ0v) is 21.3. The number of sulfone groups is 1. The van der Waals surface area contributed by atoms with Gasteiger partial charge in [-0.3, -0.25) is 14.9 Å². The maximum atomic E-state index is 14.8. The third kappa shape index (κ3) is 6.89. The molecule has 2 aromatic heterocycles. The van der Waals surface area contributed by atoms with Gasteiger partial charge in [0.25, 0.3) is 5.91 Å². The highest BCUT2D eigenvalue weighted by molar-refractivity contribution is 7.90. The van der Waals surface area contributed by atoms with Crippen molar-refractivity contribution in [1.82, 2.24) is 20.1 Å². The number of halogens is 2. The van der Waals surface area contributed by atoms with Crippen LogP contribution in [0.1, 0.15) is 42.1 Å². The van der Waals surface area contributed by atoms with Crippen molar-refractivity contribution < 1.29 is 36.4 Å². The summed E-state index contributed by atoms with van der Waals surface area (Å²) in [6, 6.07) is 1.45. The second kappa shape index (κ2) is 11.5. The molecule has 3 N–H and O–H groups in total. The van der Waals surface area contributed by atoms with E-state index in [1.165, 1.54) is 24.1 Å². The molecule has 0 saturated heterocycles. The Bertz CT molecular complexity index is 1430. The van der Waals surface area contributed by atoms with Crippen LogP contribution in [0.2, 0.25) is 0 Å². The molecule has 37 heavy (non-hydrogen) atoms. The van der Waals surface area contributed by atoms with E-state index in [-0.39, 0.29) is 41.8 Å². The van der Waals surface area contributed by atoms with Crippen molar-refractivity contribution in [2.75, 3.05) is 36.4 Å². The summed E-state index contributed by atoms with van der Waals surface area (Å²) in [5, 5.41) is 9.48. The molecule has 3 aromatic rings. The molecule has 3 rings (SSSR count). The standard InChI is InChI=1S/C22H26F2N6O6S/c1-12(2)17-16(27-22(32)36-6-5-7-37(4,33)34)10-30-19(17)20(25-11-26-30)28-18-14(21(31)29-35-3)8-13(23)9-15(18)24/h8-12H,5-7H2,1-4H3,(H,27,32)(H,29,31)(H,25,26,28). The number of nitrogens with zero attached hydrogens (tertiary/aromatic N) is 3. The molecular formula is C22H26F2N6O6S. The summed E-state index contributed by atoms with van der Waals surface area (Å²) >= 11 is 0. The van der Waals surface area contributed by atoms with Gasteiger partial charge < -0.3 is 10.1 Å². The lowest BCUT2D eigenvalue weighted by Crippen LogP contribution is -2.23. The molecule has 0 aliphatic carbocycles. The minimum absolute atomic E-state index is 0.0743. The van der Waals surface area contributed by atoms with E-state index in [1.54, 1.807) is 0 Å². The van der Waals surface area contributed by atoms with E-state index in [9.17, 15) is 26.8 Å². The summed E-state index contributed by atoms with van der Waals surface area (Å²) in [7, 11) is -2.00. The van der Waals surface area contributed by atoms with E-state index >= 15 is 0 Å². The maximum absolute atomic E-state index is 14.8. The van der Waals surface area contributed by atoms with Gasteiger partial charge in [0.2, 0.25) is 0 Å². The van der Waals surface area contributed by atoms with Crippen molar-refractivity contribution in [2.45, 2.75) is 26.2 Å². The van der Waals surface area contributed by atoms with E-state index in [0.29, 0.717) is 22.8 Å². The Kier molecular flexibility index (Phi) is 8.60. The van der Waals surface area contributed by atoms with Crippen LogP contribution in [-0.4, -0.2) is 60.7 Å². The Morgan fingerprint density at radius 3 is 2.59 bits per heavy atom. The summed E-state index contributed by atoms with van der Waals surface area (Å²) in [5.74, 6) is -3.16. The van der Waals surface area contributed by atoms with Crippen LogP contribution in [0.4, 0.5) is 30.8 Å². The monoisotopic (exact) mass is 540 g/mol. The second-order valence-corrected chi connectivity index (χ2v) is 10.6. The van der Waals surface area contributed by atoms with Crippen LogP contribution in [0.15, 0.2) is 24.7 Å². The number of hydroxylamine groups is 1. The number of nitrogens with one attached hydrogen (secondary N) is 3. The number of ether oxygens (including phenoxy) is 1. The van der Waals surface area contributed by atoms with Crippen molar-refractivity contribution in [3.05, 3.63) is 47.4 Å². The van der Waals surface area contributed by atoms with Gasteiger partial charge in [0.05, 0.1) is 42.6 Å². The average molecular weight is 541 g/mol. The topological polar surface area (TPSA) is 153 Å². The van der Waals surface area contributed by atoms with E-state index in [2.05, 4.69) is 25.6 Å². The summed E-state index contributed by atoms with van der Waals surface area (Å²) in [6.45, 7) is 3.57. The lowest BCUT2D eigenvalue weighted by atomic mass is 10.0. The van der Waals surface area contributed by atoms with Gasteiger partial charge in [-0.15, -0.1) is 0 Å². The zero-order valence-electron chi connectivity index (χ0n) is 20.5. The lowest BCUT2D eigenvalue weighted by Gasteiger charge is -2.15. The Balaban J connectivity index is 1.96. The third-order valence-electron chi connectivity index (χ3n) is 5.06. The number of anilines is 3.